The average Bonchev–Trinajstić information content (AvgIpc) is 2.55. The molecule has 4 heteroatoms. The fraction of sp³-hybridized carbons (Fsp3) is 0.222. The molecule has 0 aromatic heterocycles. The highest BCUT2D eigenvalue weighted by Crippen LogP contribution is 2.45. The number of benzene rings is 2. The van der Waals surface area contributed by atoms with Crippen molar-refractivity contribution in [3.05, 3.63) is 63.6 Å². The van der Waals surface area contributed by atoms with E-state index in [4.69, 9.17) is 9.47 Å². The number of methoxy groups -OCH3 is 2. The number of rotatable bonds is 3. The van der Waals surface area contributed by atoms with Crippen LogP contribution < -0.4 is 9.47 Å². The van der Waals surface area contributed by atoms with Crippen molar-refractivity contribution in [3.63, 3.8) is 0 Å². The summed E-state index contributed by atoms with van der Waals surface area (Å²) in [5.74, 6) is 1.30. The van der Waals surface area contributed by atoms with Gasteiger partial charge in [-0.1, -0.05) is 40.2 Å². The van der Waals surface area contributed by atoms with Crippen molar-refractivity contribution >= 4 is 22.0 Å². The Bertz CT molecular complexity index is 707. The standard InChI is InChI=1S/C18H17BrO3/c1-21-15-9-10-16(22-2)17-14(15)8-7-13(18(17)20)11-3-5-12(19)6-4-11/h3-10,13,18,20H,1-2H3/t13-,18+/m1/s1. The maximum atomic E-state index is 10.9. The molecule has 3 rings (SSSR count). The van der Waals surface area contributed by atoms with Crippen LogP contribution in [0.1, 0.15) is 28.7 Å². The fourth-order valence-electron chi connectivity index (χ4n) is 2.89. The van der Waals surface area contributed by atoms with Gasteiger partial charge >= 0.3 is 0 Å². The molecule has 0 unspecified atom stereocenters. The van der Waals surface area contributed by atoms with Crippen molar-refractivity contribution in [1.29, 1.82) is 0 Å². The first-order valence-electron chi connectivity index (χ1n) is 7.02. The summed E-state index contributed by atoms with van der Waals surface area (Å²) in [6.07, 6.45) is 3.33. The van der Waals surface area contributed by atoms with Crippen LogP contribution in [0.25, 0.3) is 6.08 Å². The first-order valence-corrected chi connectivity index (χ1v) is 7.81. The van der Waals surface area contributed by atoms with Gasteiger partial charge in [-0.2, -0.15) is 0 Å². The van der Waals surface area contributed by atoms with Crippen LogP contribution in [0.4, 0.5) is 0 Å². The van der Waals surface area contributed by atoms with Gasteiger partial charge in [-0.25, -0.2) is 0 Å². The molecule has 2 aromatic rings. The summed E-state index contributed by atoms with van der Waals surface area (Å²) in [6.45, 7) is 0. The highest BCUT2D eigenvalue weighted by Gasteiger charge is 2.30. The first-order chi connectivity index (χ1) is 10.7. The monoisotopic (exact) mass is 360 g/mol. The Morgan fingerprint density at radius 2 is 1.59 bits per heavy atom. The van der Waals surface area contributed by atoms with Crippen molar-refractivity contribution < 1.29 is 14.6 Å². The van der Waals surface area contributed by atoms with Crippen molar-refractivity contribution in [2.24, 2.45) is 0 Å². The van der Waals surface area contributed by atoms with E-state index in [9.17, 15) is 5.11 Å². The Balaban J connectivity index is 2.09. The molecule has 114 valence electrons. The quantitative estimate of drug-likeness (QED) is 0.886. The molecule has 2 aromatic carbocycles. The zero-order chi connectivity index (χ0) is 15.7. The first kappa shape index (κ1) is 15.1. The average molecular weight is 361 g/mol. The van der Waals surface area contributed by atoms with Gasteiger partial charge in [-0.3, -0.25) is 0 Å². The van der Waals surface area contributed by atoms with Crippen LogP contribution in [-0.4, -0.2) is 19.3 Å². The molecule has 22 heavy (non-hydrogen) atoms. The predicted octanol–water partition coefficient (Wildman–Crippen LogP) is 4.31. The van der Waals surface area contributed by atoms with Crippen molar-refractivity contribution in [1.82, 2.24) is 0 Å². The molecule has 0 fully saturated rings. The Kier molecular flexibility index (Phi) is 4.23. The number of aliphatic hydroxyl groups excluding tert-OH is 1. The van der Waals surface area contributed by atoms with Gasteiger partial charge in [0.2, 0.25) is 0 Å². The van der Waals surface area contributed by atoms with Crippen LogP contribution in [0, 0.1) is 0 Å². The number of ether oxygens (including phenoxy) is 2. The lowest BCUT2D eigenvalue weighted by atomic mass is 9.82. The molecule has 1 aliphatic rings. The summed E-state index contributed by atoms with van der Waals surface area (Å²) in [5.41, 5.74) is 2.71. The zero-order valence-corrected chi connectivity index (χ0v) is 14.0. The van der Waals surface area contributed by atoms with E-state index < -0.39 is 6.10 Å². The van der Waals surface area contributed by atoms with Crippen LogP contribution >= 0.6 is 15.9 Å². The SMILES string of the molecule is COc1ccc(OC)c2c1C=C[C@H](c1ccc(Br)cc1)[C@@H]2O. The molecule has 0 saturated heterocycles. The highest BCUT2D eigenvalue weighted by molar-refractivity contribution is 9.10. The van der Waals surface area contributed by atoms with E-state index in [1.54, 1.807) is 14.2 Å². The topological polar surface area (TPSA) is 38.7 Å². The molecule has 1 aliphatic carbocycles. The minimum atomic E-state index is -0.675. The molecule has 0 bridgehead atoms. The van der Waals surface area contributed by atoms with Crippen molar-refractivity contribution in [2.45, 2.75) is 12.0 Å². The van der Waals surface area contributed by atoms with E-state index in [-0.39, 0.29) is 5.92 Å². The highest BCUT2D eigenvalue weighted by atomic mass is 79.9. The molecule has 3 nitrogen and oxygen atoms in total. The van der Waals surface area contributed by atoms with Crippen LogP contribution in [-0.2, 0) is 0 Å². The summed E-state index contributed by atoms with van der Waals surface area (Å²) < 4.78 is 11.8. The fourth-order valence-corrected chi connectivity index (χ4v) is 3.16. The summed E-state index contributed by atoms with van der Waals surface area (Å²) in [4.78, 5) is 0. The van der Waals surface area contributed by atoms with Crippen molar-refractivity contribution in [2.75, 3.05) is 14.2 Å². The number of hydrogen-bond acceptors (Lipinski definition) is 3. The summed E-state index contributed by atoms with van der Waals surface area (Å²) in [6, 6.07) is 11.7. The van der Waals surface area contributed by atoms with E-state index in [0.29, 0.717) is 5.75 Å². The van der Waals surface area contributed by atoms with E-state index in [2.05, 4.69) is 15.9 Å². The van der Waals surface area contributed by atoms with Gasteiger partial charge in [0.1, 0.15) is 11.5 Å². The molecule has 0 spiro atoms. The van der Waals surface area contributed by atoms with Crippen molar-refractivity contribution in [3.8, 4) is 11.5 Å². The van der Waals surface area contributed by atoms with E-state index in [0.717, 1.165) is 26.9 Å². The third-order valence-electron chi connectivity index (χ3n) is 4.01. The number of fused-ring (bicyclic) bond motifs is 1. The second-order valence-corrected chi connectivity index (χ2v) is 6.09. The second-order valence-electron chi connectivity index (χ2n) is 5.18. The molecule has 0 saturated carbocycles. The summed E-state index contributed by atoms with van der Waals surface area (Å²) >= 11 is 3.44. The molecule has 0 amide bonds. The molecule has 0 aliphatic heterocycles. The lowest BCUT2D eigenvalue weighted by molar-refractivity contribution is 0.155. The maximum absolute atomic E-state index is 10.9. The largest absolute Gasteiger partial charge is 0.496 e. The minimum Gasteiger partial charge on any atom is -0.496 e. The normalized spacial score (nSPS) is 19.6. The van der Waals surface area contributed by atoms with Crippen LogP contribution in [0.15, 0.2) is 46.9 Å². The van der Waals surface area contributed by atoms with Crippen LogP contribution in [0.3, 0.4) is 0 Å². The summed E-state index contributed by atoms with van der Waals surface area (Å²) in [7, 11) is 3.24. The third kappa shape index (κ3) is 2.53. The minimum absolute atomic E-state index is 0.110. The lowest BCUT2D eigenvalue weighted by Gasteiger charge is -2.28. The zero-order valence-electron chi connectivity index (χ0n) is 12.4. The van der Waals surface area contributed by atoms with Crippen LogP contribution in [0.5, 0.6) is 11.5 Å². The lowest BCUT2D eigenvalue weighted by Crippen LogP contribution is -2.15. The molecular formula is C18H17BrO3. The van der Waals surface area contributed by atoms with Gasteiger partial charge in [-0.15, -0.1) is 0 Å². The van der Waals surface area contributed by atoms with Gasteiger partial charge in [0.15, 0.2) is 0 Å². The molecule has 1 N–H and O–H groups in total. The summed E-state index contributed by atoms with van der Waals surface area (Å²) in [5, 5.41) is 10.9. The Morgan fingerprint density at radius 3 is 2.23 bits per heavy atom. The second kappa shape index (κ2) is 6.15. The predicted molar refractivity (Wildman–Crippen MR) is 90.4 cm³/mol. The number of halogens is 1. The van der Waals surface area contributed by atoms with Gasteiger partial charge in [0, 0.05) is 21.5 Å². The Morgan fingerprint density at radius 1 is 0.955 bits per heavy atom. The third-order valence-corrected chi connectivity index (χ3v) is 4.54. The molecular weight excluding hydrogens is 344 g/mol. The molecule has 2 atom stereocenters. The maximum Gasteiger partial charge on any atom is 0.126 e. The Hall–Kier alpha value is -1.78. The number of aliphatic hydroxyl groups is 1. The van der Waals surface area contributed by atoms with Gasteiger partial charge < -0.3 is 14.6 Å². The van der Waals surface area contributed by atoms with E-state index in [1.807, 2.05) is 48.6 Å². The Labute approximate surface area is 138 Å². The smallest absolute Gasteiger partial charge is 0.126 e. The van der Waals surface area contributed by atoms with E-state index in [1.165, 1.54) is 0 Å². The molecule has 0 heterocycles. The molecule has 0 radical (unpaired) electrons. The van der Waals surface area contributed by atoms with Gasteiger partial charge in [0.25, 0.3) is 0 Å². The van der Waals surface area contributed by atoms with Crippen LogP contribution in [0.2, 0.25) is 0 Å². The van der Waals surface area contributed by atoms with Gasteiger partial charge in [0.05, 0.1) is 20.3 Å². The number of hydrogen-bond donors (Lipinski definition) is 1. The van der Waals surface area contributed by atoms with Gasteiger partial charge in [-0.05, 0) is 29.8 Å². The van der Waals surface area contributed by atoms with E-state index >= 15 is 0 Å².